The van der Waals surface area contributed by atoms with Crippen LogP contribution in [0.3, 0.4) is 0 Å². The lowest BCUT2D eigenvalue weighted by Crippen LogP contribution is -2.52. The zero-order valence-electron chi connectivity index (χ0n) is 13.0. The van der Waals surface area contributed by atoms with Gasteiger partial charge in [0.05, 0.1) is 6.61 Å². The van der Waals surface area contributed by atoms with Crippen molar-refractivity contribution in [2.24, 2.45) is 0 Å². The number of hydrogen-bond donors (Lipinski definition) is 1. The first-order chi connectivity index (χ1) is 10.0. The molecule has 1 atom stereocenters. The number of piperazine rings is 1. The minimum atomic E-state index is -0.00987. The van der Waals surface area contributed by atoms with E-state index in [0.717, 1.165) is 18.7 Å². The van der Waals surface area contributed by atoms with Crippen molar-refractivity contribution in [2.45, 2.75) is 19.9 Å². The highest BCUT2D eigenvalue weighted by Crippen LogP contribution is 2.19. The van der Waals surface area contributed by atoms with Crippen LogP contribution in [0.4, 0.5) is 0 Å². The van der Waals surface area contributed by atoms with Crippen molar-refractivity contribution in [3.63, 3.8) is 0 Å². The van der Waals surface area contributed by atoms with E-state index in [1.807, 2.05) is 11.8 Å². The minimum Gasteiger partial charge on any atom is -0.508 e. The number of nitrogens with zero attached hydrogens (tertiary/aromatic N) is 2. The van der Waals surface area contributed by atoms with Crippen LogP contribution in [0.15, 0.2) is 18.2 Å². The quantitative estimate of drug-likeness (QED) is 0.913. The largest absolute Gasteiger partial charge is 0.508 e. The Kier molecular flexibility index (Phi) is 5.20. The maximum atomic E-state index is 12.4. The molecule has 1 fully saturated rings. The third-order valence-electron chi connectivity index (χ3n) is 4.09. The first-order valence-electron chi connectivity index (χ1n) is 7.35. The molecule has 2 rings (SSSR count). The Morgan fingerprint density at radius 1 is 1.33 bits per heavy atom. The maximum Gasteiger partial charge on any atom is 0.254 e. The van der Waals surface area contributed by atoms with E-state index in [1.165, 1.54) is 0 Å². The number of phenols is 1. The SMILES string of the molecule is COC[C@H](C)N1CCN(C(=O)c2ccc(C)c(O)c2)CC1. The van der Waals surface area contributed by atoms with Crippen LogP contribution in [-0.4, -0.2) is 66.8 Å². The molecule has 0 radical (unpaired) electrons. The van der Waals surface area contributed by atoms with Gasteiger partial charge in [0.2, 0.25) is 0 Å². The van der Waals surface area contributed by atoms with E-state index in [-0.39, 0.29) is 11.7 Å². The lowest BCUT2D eigenvalue weighted by Gasteiger charge is -2.37. The zero-order chi connectivity index (χ0) is 15.4. The molecule has 21 heavy (non-hydrogen) atoms. The number of aromatic hydroxyl groups is 1. The highest BCUT2D eigenvalue weighted by atomic mass is 16.5. The highest BCUT2D eigenvalue weighted by molar-refractivity contribution is 5.94. The van der Waals surface area contributed by atoms with Crippen molar-refractivity contribution >= 4 is 5.91 Å². The first kappa shape index (κ1) is 15.8. The number of amides is 1. The summed E-state index contributed by atoms with van der Waals surface area (Å²) in [5.41, 5.74) is 1.33. The molecule has 0 spiro atoms. The van der Waals surface area contributed by atoms with E-state index in [4.69, 9.17) is 4.74 Å². The normalized spacial score (nSPS) is 17.8. The van der Waals surface area contributed by atoms with Gasteiger partial charge >= 0.3 is 0 Å². The Balaban J connectivity index is 1.95. The molecule has 1 aliphatic rings. The average Bonchev–Trinajstić information content (AvgIpc) is 2.50. The van der Waals surface area contributed by atoms with Crippen molar-refractivity contribution in [3.05, 3.63) is 29.3 Å². The second-order valence-electron chi connectivity index (χ2n) is 5.63. The van der Waals surface area contributed by atoms with Crippen molar-refractivity contribution in [1.29, 1.82) is 0 Å². The number of hydrogen-bond acceptors (Lipinski definition) is 4. The summed E-state index contributed by atoms with van der Waals surface area (Å²) in [5.74, 6) is 0.164. The summed E-state index contributed by atoms with van der Waals surface area (Å²) < 4.78 is 5.17. The van der Waals surface area contributed by atoms with Gasteiger partial charge in [0.1, 0.15) is 5.75 Å². The summed E-state index contributed by atoms with van der Waals surface area (Å²) in [6.45, 7) is 7.80. The van der Waals surface area contributed by atoms with Crippen molar-refractivity contribution < 1.29 is 14.6 Å². The molecule has 5 heteroatoms. The summed E-state index contributed by atoms with van der Waals surface area (Å²) in [6.07, 6.45) is 0. The van der Waals surface area contributed by atoms with E-state index in [9.17, 15) is 9.90 Å². The van der Waals surface area contributed by atoms with E-state index in [2.05, 4.69) is 11.8 Å². The third kappa shape index (κ3) is 3.74. The molecular formula is C16H24N2O3. The van der Waals surface area contributed by atoms with Crippen LogP contribution in [0, 0.1) is 6.92 Å². The van der Waals surface area contributed by atoms with Crippen molar-refractivity contribution in [2.75, 3.05) is 39.9 Å². The van der Waals surface area contributed by atoms with Crippen LogP contribution in [0.2, 0.25) is 0 Å². The van der Waals surface area contributed by atoms with Crippen LogP contribution in [0.5, 0.6) is 5.75 Å². The van der Waals surface area contributed by atoms with Crippen LogP contribution in [0.25, 0.3) is 0 Å². The van der Waals surface area contributed by atoms with Crippen molar-refractivity contribution in [3.8, 4) is 5.75 Å². The molecule has 5 nitrogen and oxygen atoms in total. The number of methoxy groups -OCH3 is 1. The molecule has 0 aliphatic carbocycles. The first-order valence-corrected chi connectivity index (χ1v) is 7.35. The van der Waals surface area contributed by atoms with Gasteiger partial charge in [0.15, 0.2) is 0 Å². The number of benzene rings is 1. The Morgan fingerprint density at radius 2 is 2.00 bits per heavy atom. The van der Waals surface area contributed by atoms with Gasteiger partial charge in [0.25, 0.3) is 5.91 Å². The fourth-order valence-electron chi connectivity index (χ4n) is 2.64. The summed E-state index contributed by atoms with van der Waals surface area (Å²) in [6, 6.07) is 5.48. The minimum absolute atomic E-state index is 0.00987. The van der Waals surface area contributed by atoms with E-state index in [0.29, 0.717) is 31.3 Å². The van der Waals surface area contributed by atoms with E-state index < -0.39 is 0 Å². The molecular weight excluding hydrogens is 268 g/mol. The number of carbonyl (C=O) groups is 1. The monoisotopic (exact) mass is 292 g/mol. The van der Waals surface area contributed by atoms with Gasteiger partial charge in [-0.1, -0.05) is 6.07 Å². The van der Waals surface area contributed by atoms with Crippen molar-refractivity contribution in [1.82, 2.24) is 9.80 Å². The number of ether oxygens (including phenoxy) is 1. The van der Waals surface area contributed by atoms with Crippen LogP contribution in [-0.2, 0) is 4.74 Å². The number of carbonyl (C=O) groups excluding carboxylic acids is 1. The summed E-state index contributed by atoms with van der Waals surface area (Å²) >= 11 is 0. The fraction of sp³-hybridized carbons (Fsp3) is 0.562. The molecule has 1 saturated heterocycles. The summed E-state index contributed by atoms with van der Waals surface area (Å²) in [7, 11) is 1.71. The molecule has 0 saturated carbocycles. The lowest BCUT2D eigenvalue weighted by molar-refractivity contribution is 0.0448. The molecule has 1 amide bonds. The van der Waals surface area contributed by atoms with E-state index >= 15 is 0 Å². The second kappa shape index (κ2) is 6.91. The Bertz CT molecular complexity index is 496. The highest BCUT2D eigenvalue weighted by Gasteiger charge is 2.24. The fourth-order valence-corrected chi connectivity index (χ4v) is 2.64. The molecule has 1 heterocycles. The van der Waals surface area contributed by atoms with Gasteiger partial charge < -0.3 is 14.7 Å². The molecule has 116 valence electrons. The number of phenolic OH excluding ortho intramolecular Hbond substituents is 1. The molecule has 1 N–H and O–H groups in total. The number of rotatable bonds is 4. The summed E-state index contributed by atoms with van der Waals surface area (Å²) in [4.78, 5) is 16.6. The van der Waals surface area contributed by atoms with Crippen LogP contribution >= 0.6 is 0 Å². The molecule has 1 aromatic carbocycles. The molecule has 1 aromatic rings. The van der Waals surface area contributed by atoms with Gasteiger partial charge in [-0.05, 0) is 31.5 Å². The zero-order valence-corrected chi connectivity index (χ0v) is 13.0. The Hall–Kier alpha value is -1.59. The van der Waals surface area contributed by atoms with Crippen LogP contribution in [0.1, 0.15) is 22.8 Å². The summed E-state index contributed by atoms with van der Waals surface area (Å²) in [5, 5.41) is 9.73. The molecule has 0 unspecified atom stereocenters. The Morgan fingerprint density at radius 3 is 2.57 bits per heavy atom. The lowest BCUT2D eigenvalue weighted by atomic mass is 10.1. The van der Waals surface area contributed by atoms with Gasteiger partial charge in [0, 0.05) is 44.9 Å². The predicted molar refractivity (Wildman–Crippen MR) is 81.7 cm³/mol. The van der Waals surface area contributed by atoms with Crippen LogP contribution < -0.4 is 0 Å². The second-order valence-corrected chi connectivity index (χ2v) is 5.63. The van der Waals surface area contributed by atoms with Gasteiger partial charge in [-0.15, -0.1) is 0 Å². The van der Waals surface area contributed by atoms with Gasteiger partial charge in [-0.2, -0.15) is 0 Å². The van der Waals surface area contributed by atoms with E-state index in [1.54, 1.807) is 25.3 Å². The smallest absolute Gasteiger partial charge is 0.254 e. The average molecular weight is 292 g/mol. The molecule has 1 aliphatic heterocycles. The topological polar surface area (TPSA) is 53.0 Å². The maximum absolute atomic E-state index is 12.4. The predicted octanol–water partition coefficient (Wildman–Crippen LogP) is 1.49. The van der Waals surface area contributed by atoms with Gasteiger partial charge in [-0.25, -0.2) is 0 Å². The third-order valence-corrected chi connectivity index (χ3v) is 4.09. The molecule has 0 bridgehead atoms. The standard InChI is InChI=1S/C16H24N2O3/c1-12-4-5-14(10-15(12)19)16(20)18-8-6-17(7-9-18)13(2)11-21-3/h4-5,10,13,19H,6-9,11H2,1-3H3/t13-/m0/s1. The van der Waals surface area contributed by atoms with Gasteiger partial charge in [-0.3, -0.25) is 9.69 Å². The Labute approximate surface area is 126 Å². The number of aryl methyl sites for hydroxylation is 1. The molecule has 0 aromatic heterocycles.